The maximum absolute atomic E-state index is 14.0. The van der Waals surface area contributed by atoms with Crippen LogP contribution >= 0.6 is 0 Å². The van der Waals surface area contributed by atoms with Gasteiger partial charge >= 0.3 is 6.18 Å². The number of nitrogens with zero attached hydrogens (tertiary/aromatic N) is 1. The predicted octanol–water partition coefficient (Wildman–Crippen LogP) is 4.94. The third kappa shape index (κ3) is 4.30. The number of halogens is 3. The van der Waals surface area contributed by atoms with Crippen molar-refractivity contribution in [1.82, 2.24) is 4.90 Å². The van der Waals surface area contributed by atoms with Crippen LogP contribution in [0, 0.1) is 0 Å². The number of methoxy groups -OCH3 is 1. The zero-order chi connectivity index (χ0) is 23.9. The third-order valence-electron chi connectivity index (χ3n) is 5.87. The molecule has 1 atom stereocenters. The fraction of sp³-hybridized carbons (Fsp3) is 0.375. The number of hydrogen-bond donors (Lipinski definition) is 0. The lowest BCUT2D eigenvalue weighted by Gasteiger charge is -2.30. The molecule has 10 heteroatoms. The molecule has 5 rings (SSSR count). The Morgan fingerprint density at radius 2 is 2.00 bits per heavy atom. The summed E-state index contributed by atoms with van der Waals surface area (Å²) >= 11 is 0. The van der Waals surface area contributed by atoms with Crippen molar-refractivity contribution < 1.29 is 36.5 Å². The topological polar surface area (TPSA) is 70.4 Å². The van der Waals surface area contributed by atoms with Gasteiger partial charge in [0.05, 0.1) is 24.2 Å². The van der Waals surface area contributed by atoms with Crippen LogP contribution < -0.4 is 19.6 Å². The zero-order valence-corrected chi connectivity index (χ0v) is 18.3. The average molecular weight is 477 g/mol. The van der Waals surface area contributed by atoms with E-state index in [9.17, 15) is 18.0 Å². The Balaban J connectivity index is 1.58. The minimum atomic E-state index is -4.96. The summed E-state index contributed by atoms with van der Waals surface area (Å²) in [4.78, 5) is 15.1. The van der Waals surface area contributed by atoms with Gasteiger partial charge in [-0.25, -0.2) is 0 Å². The second-order valence-electron chi connectivity index (χ2n) is 8.21. The Hall–Kier alpha value is -3.24. The van der Waals surface area contributed by atoms with Crippen molar-refractivity contribution in [3.63, 3.8) is 0 Å². The van der Waals surface area contributed by atoms with Gasteiger partial charge in [0.2, 0.25) is 11.2 Å². The second-order valence-corrected chi connectivity index (χ2v) is 8.21. The van der Waals surface area contributed by atoms with Gasteiger partial charge in [-0.2, -0.15) is 13.2 Å². The Kier molecular flexibility index (Phi) is 5.86. The minimum absolute atomic E-state index is 0.0144. The van der Waals surface area contributed by atoms with E-state index in [-0.39, 0.29) is 36.1 Å². The molecule has 0 bridgehead atoms. The molecule has 0 spiro atoms. The van der Waals surface area contributed by atoms with Gasteiger partial charge in [-0.15, -0.1) is 0 Å². The summed E-state index contributed by atoms with van der Waals surface area (Å²) in [6.45, 7) is 1.80. The highest BCUT2D eigenvalue weighted by atomic mass is 19.4. The van der Waals surface area contributed by atoms with E-state index in [0.717, 1.165) is 12.8 Å². The summed E-state index contributed by atoms with van der Waals surface area (Å²) in [6.07, 6.45) is -3.03. The highest BCUT2D eigenvalue weighted by molar-refractivity contribution is 5.83. The fourth-order valence-electron chi connectivity index (χ4n) is 4.25. The van der Waals surface area contributed by atoms with Gasteiger partial charge in [0.25, 0.3) is 5.76 Å². The first-order valence-corrected chi connectivity index (χ1v) is 10.8. The van der Waals surface area contributed by atoms with Crippen LogP contribution in [0.3, 0.4) is 0 Å². The van der Waals surface area contributed by atoms with Gasteiger partial charge in [0.15, 0.2) is 0 Å². The molecule has 2 aliphatic heterocycles. The first-order chi connectivity index (χ1) is 16.3. The number of ether oxygens (including phenoxy) is 4. The van der Waals surface area contributed by atoms with Crippen LogP contribution in [0.4, 0.5) is 13.2 Å². The summed E-state index contributed by atoms with van der Waals surface area (Å²) in [6, 6.07) is 8.92. The van der Waals surface area contributed by atoms with Crippen LogP contribution in [-0.4, -0.2) is 38.0 Å². The molecule has 0 unspecified atom stereocenters. The average Bonchev–Trinajstić information content (AvgIpc) is 3.33. The summed E-state index contributed by atoms with van der Waals surface area (Å²) in [5, 5.41) is -0.0211. The summed E-state index contributed by atoms with van der Waals surface area (Å²) in [7, 11) is 1.41. The molecule has 1 fully saturated rings. The van der Waals surface area contributed by atoms with Crippen LogP contribution in [0.1, 0.15) is 24.2 Å². The SMILES string of the molecule is COc1cccc(Oc2c(C(F)(F)F)oc3c4c(ccc3c2=O)OCN(C[C@H]2CCCO2)C4)c1. The Bertz CT molecular complexity index is 1270. The lowest BCUT2D eigenvalue weighted by molar-refractivity contribution is -0.154. The van der Waals surface area contributed by atoms with Crippen LogP contribution in [0.2, 0.25) is 0 Å². The van der Waals surface area contributed by atoms with Gasteiger partial charge in [-0.05, 0) is 37.1 Å². The molecular formula is C24H22F3NO6. The van der Waals surface area contributed by atoms with E-state index in [4.69, 9.17) is 23.4 Å². The van der Waals surface area contributed by atoms with Crippen molar-refractivity contribution in [2.24, 2.45) is 0 Å². The van der Waals surface area contributed by atoms with E-state index < -0.39 is 23.1 Å². The van der Waals surface area contributed by atoms with Crippen molar-refractivity contribution in [1.29, 1.82) is 0 Å². The predicted molar refractivity (Wildman–Crippen MR) is 115 cm³/mol. The monoisotopic (exact) mass is 477 g/mol. The van der Waals surface area contributed by atoms with Crippen molar-refractivity contribution in [2.45, 2.75) is 31.7 Å². The molecule has 0 radical (unpaired) electrons. The van der Waals surface area contributed by atoms with Crippen molar-refractivity contribution >= 4 is 11.0 Å². The Morgan fingerprint density at radius 3 is 2.74 bits per heavy atom. The first kappa shape index (κ1) is 22.5. The van der Waals surface area contributed by atoms with E-state index >= 15 is 0 Å². The van der Waals surface area contributed by atoms with E-state index in [2.05, 4.69) is 0 Å². The summed E-state index contributed by atoms with van der Waals surface area (Å²) < 4.78 is 69.2. The van der Waals surface area contributed by atoms with Gasteiger partial charge < -0.3 is 23.4 Å². The first-order valence-electron chi connectivity index (χ1n) is 10.8. The Morgan fingerprint density at radius 1 is 1.18 bits per heavy atom. The van der Waals surface area contributed by atoms with E-state index in [1.54, 1.807) is 18.2 Å². The van der Waals surface area contributed by atoms with Crippen molar-refractivity contribution in [3.05, 3.63) is 57.9 Å². The van der Waals surface area contributed by atoms with Crippen molar-refractivity contribution in [3.8, 4) is 23.0 Å². The molecule has 1 aromatic heterocycles. The number of fused-ring (bicyclic) bond motifs is 3. The van der Waals surface area contributed by atoms with E-state index in [1.165, 1.54) is 25.3 Å². The van der Waals surface area contributed by atoms with Gasteiger partial charge in [-0.1, -0.05) is 6.07 Å². The van der Waals surface area contributed by atoms with Gasteiger partial charge in [0, 0.05) is 25.8 Å². The largest absolute Gasteiger partial charge is 0.497 e. The molecule has 180 valence electrons. The second kappa shape index (κ2) is 8.84. The quantitative estimate of drug-likeness (QED) is 0.515. The normalized spacial score (nSPS) is 18.5. The molecule has 2 aliphatic rings. The molecule has 0 N–H and O–H groups in total. The van der Waals surface area contributed by atoms with E-state index in [1.807, 2.05) is 4.90 Å². The number of hydrogen-bond acceptors (Lipinski definition) is 7. The minimum Gasteiger partial charge on any atom is -0.497 e. The lowest BCUT2D eigenvalue weighted by Crippen LogP contribution is -2.37. The summed E-state index contributed by atoms with van der Waals surface area (Å²) in [5.74, 6) is -1.67. The molecule has 3 heterocycles. The Labute approximate surface area is 192 Å². The van der Waals surface area contributed by atoms with Crippen LogP contribution in [0.25, 0.3) is 11.0 Å². The third-order valence-corrected chi connectivity index (χ3v) is 5.87. The van der Waals surface area contributed by atoms with Gasteiger partial charge in [-0.3, -0.25) is 9.69 Å². The molecule has 0 amide bonds. The number of rotatable bonds is 5. The molecule has 0 aliphatic carbocycles. The maximum Gasteiger partial charge on any atom is 0.453 e. The highest BCUT2D eigenvalue weighted by Crippen LogP contribution is 2.41. The molecular weight excluding hydrogens is 455 g/mol. The molecule has 2 aromatic carbocycles. The van der Waals surface area contributed by atoms with Crippen molar-refractivity contribution in [2.75, 3.05) is 27.0 Å². The lowest BCUT2D eigenvalue weighted by atomic mass is 10.1. The van der Waals surface area contributed by atoms with Crippen LogP contribution in [-0.2, 0) is 17.5 Å². The molecule has 0 saturated carbocycles. The maximum atomic E-state index is 14.0. The summed E-state index contributed by atoms with van der Waals surface area (Å²) in [5.41, 5.74) is -0.697. The molecule has 34 heavy (non-hydrogen) atoms. The number of alkyl halides is 3. The van der Waals surface area contributed by atoms with Crippen LogP contribution in [0.15, 0.2) is 45.6 Å². The standard InChI is InChI=1S/C24H22F3NO6/c1-30-14-4-2-5-15(10-14)33-22-20(29)17-7-8-19-18(21(17)34-23(22)24(25,26)27)12-28(13-32-19)11-16-6-3-9-31-16/h2,4-5,7-8,10,16H,3,6,9,11-13H2,1H3/t16-/m1/s1. The molecule has 7 nitrogen and oxygen atoms in total. The smallest absolute Gasteiger partial charge is 0.453 e. The zero-order valence-electron chi connectivity index (χ0n) is 18.3. The van der Waals surface area contributed by atoms with E-state index in [0.29, 0.717) is 30.2 Å². The molecule has 3 aromatic rings. The fourth-order valence-corrected chi connectivity index (χ4v) is 4.25. The highest BCUT2D eigenvalue weighted by Gasteiger charge is 2.41. The molecule has 1 saturated heterocycles. The number of benzene rings is 2. The van der Waals surface area contributed by atoms with Gasteiger partial charge in [0.1, 0.15) is 29.6 Å². The van der Waals surface area contributed by atoms with Crippen LogP contribution in [0.5, 0.6) is 23.0 Å².